The number of hydrogen-bond acceptors (Lipinski definition) is 5. The normalized spacial score (nSPS) is 12.9. The fourth-order valence-electron chi connectivity index (χ4n) is 1.07. The van der Waals surface area contributed by atoms with Crippen LogP contribution in [0.3, 0.4) is 0 Å². The van der Waals surface area contributed by atoms with Crippen LogP contribution in [0.2, 0.25) is 0 Å². The molecule has 0 fully saturated rings. The van der Waals surface area contributed by atoms with Gasteiger partial charge in [-0.3, -0.25) is 0 Å². The number of nitrogens with zero attached hydrogens (tertiary/aromatic N) is 3. The SMILES string of the molecule is Cc1c(N)ncnc1NCC(C)N(C)C. The quantitative estimate of drug-likeness (QED) is 0.765. The molecule has 0 bridgehead atoms. The molecule has 0 spiro atoms. The van der Waals surface area contributed by atoms with Crippen molar-refractivity contribution < 1.29 is 0 Å². The molecule has 1 aromatic heterocycles. The van der Waals surface area contributed by atoms with Gasteiger partial charge in [0.05, 0.1) is 0 Å². The Hall–Kier alpha value is -1.36. The minimum absolute atomic E-state index is 0.445. The molecule has 0 aliphatic rings. The van der Waals surface area contributed by atoms with Gasteiger partial charge in [0.1, 0.15) is 18.0 Å². The minimum Gasteiger partial charge on any atom is -0.383 e. The van der Waals surface area contributed by atoms with Gasteiger partial charge in [-0.2, -0.15) is 0 Å². The van der Waals surface area contributed by atoms with Crippen LogP contribution in [-0.2, 0) is 0 Å². The molecular weight excluding hydrogens is 190 g/mol. The van der Waals surface area contributed by atoms with E-state index in [1.54, 1.807) is 0 Å². The molecule has 15 heavy (non-hydrogen) atoms. The second-order valence-electron chi connectivity index (χ2n) is 3.93. The van der Waals surface area contributed by atoms with Crippen molar-refractivity contribution in [2.45, 2.75) is 19.9 Å². The number of rotatable bonds is 4. The van der Waals surface area contributed by atoms with E-state index in [0.29, 0.717) is 11.9 Å². The van der Waals surface area contributed by atoms with Gasteiger partial charge in [0, 0.05) is 18.2 Å². The van der Waals surface area contributed by atoms with Crippen LogP contribution in [-0.4, -0.2) is 41.5 Å². The fraction of sp³-hybridized carbons (Fsp3) is 0.600. The van der Waals surface area contributed by atoms with Gasteiger partial charge in [0.25, 0.3) is 0 Å². The van der Waals surface area contributed by atoms with E-state index >= 15 is 0 Å². The van der Waals surface area contributed by atoms with Crippen LogP contribution in [0.4, 0.5) is 11.6 Å². The molecule has 1 heterocycles. The summed E-state index contributed by atoms with van der Waals surface area (Å²) >= 11 is 0. The number of likely N-dealkylation sites (N-methyl/N-ethyl adjacent to an activating group) is 1. The van der Waals surface area contributed by atoms with Gasteiger partial charge in [-0.1, -0.05) is 0 Å². The van der Waals surface area contributed by atoms with E-state index < -0.39 is 0 Å². The molecule has 0 saturated heterocycles. The van der Waals surface area contributed by atoms with Crippen LogP contribution in [0.5, 0.6) is 0 Å². The summed E-state index contributed by atoms with van der Waals surface area (Å²) in [6.07, 6.45) is 1.48. The molecule has 0 aliphatic carbocycles. The standard InChI is InChI=1S/C10H19N5/c1-7(15(3)4)5-12-10-8(2)9(11)13-6-14-10/h6-7H,5H2,1-4H3,(H3,11,12,13,14). The highest BCUT2D eigenvalue weighted by Gasteiger charge is 2.07. The maximum atomic E-state index is 5.69. The van der Waals surface area contributed by atoms with E-state index in [-0.39, 0.29) is 0 Å². The summed E-state index contributed by atoms with van der Waals surface area (Å²) in [5.41, 5.74) is 6.59. The van der Waals surface area contributed by atoms with Gasteiger partial charge in [-0.25, -0.2) is 9.97 Å². The number of aromatic nitrogens is 2. The van der Waals surface area contributed by atoms with Gasteiger partial charge < -0.3 is 16.0 Å². The maximum absolute atomic E-state index is 5.69. The average Bonchev–Trinajstić information content (AvgIpc) is 2.19. The monoisotopic (exact) mass is 209 g/mol. The minimum atomic E-state index is 0.445. The van der Waals surface area contributed by atoms with Crippen molar-refractivity contribution >= 4 is 11.6 Å². The van der Waals surface area contributed by atoms with E-state index in [1.165, 1.54) is 6.33 Å². The Morgan fingerprint density at radius 1 is 1.47 bits per heavy atom. The largest absolute Gasteiger partial charge is 0.383 e. The fourth-order valence-corrected chi connectivity index (χ4v) is 1.07. The summed E-state index contributed by atoms with van der Waals surface area (Å²) in [4.78, 5) is 10.2. The van der Waals surface area contributed by atoms with Gasteiger partial charge in [-0.15, -0.1) is 0 Å². The lowest BCUT2D eigenvalue weighted by Crippen LogP contribution is -2.31. The molecule has 0 amide bonds. The first kappa shape index (κ1) is 11.7. The maximum Gasteiger partial charge on any atom is 0.134 e. The summed E-state index contributed by atoms with van der Waals surface area (Å²) in [6.45, 7) is 4.90. The summed E-state index contributed by atoms with van der Waals surface area (Å²) in [5.74, 6) is 1.35. The molecule has 3 N–H and O–H groups in total. The van der Waals surface area contributed by atoms with Crippen LogP contribution in [0, 0.1) is 6.92 Å². The first-order valence-electron chi connectivity index (χ1n) is 4.99. The Morgan fingerprint density at radius 3 is 2.73 bits per heavy atom. The lowest BCUT2D eigenvalue weighted by atomic mass is 10.3. The number of nitrogens with one attached hydrogen (secondary N) is 1. The molecular formula is C10H19N5. The summed E-state index contributed by atoms with van der Waals surface area (Å²) in [6, 6.07) is 0.445. The Balaban J connectivity index is 2.62. The van der Waals surface area contributed by atoms with E-state index in [2.05, 4.69) is 27.1 Å². The van der Waals surface area contributed by atoms with Crippen molar-refractivity contribution in [3.8, 4) is 0 Å². The predicted molar refractivity (Wildman–Crippen MR) is 62.8 cm³/mol. The van der Waals surface area contributed by atoms with Crippen molar-refractivity contribution in [3.63, 3.8) is 0 Å². The van der Waals surface area contributed by atoms with Crippen LogP contribution in [0.25, 0.3) is 0 Å². The highest BCUT2D eigenvalue weighted by molar-refractivity contribution is 5.53. The first-order valence-corrected chi connectivity index (χ1v) is 4.99. The highest BCUT2D eigenvalue weighted by Crippen LogP contribution is 2.14. The van der Waals surface area contributed by atoms with Gasteiger partial charge in [-0.05, 0) is 27.9 Å². The topological polar surface area (TPSA) is 67.1 Å². The van der Waals surface area contributed by atoms with Crippen LogP contribution >= 0.6 is 0 Å². The van der Waals surface area contributed by atoms with Crippen LogP contribution < -0.4 is 11.1 Å². The zero-order valence-electron chi connectivity index (χ0n) is 9.78. The van der Waals surface area contributed by atoms with Crippen LogP contribution in [0.15, 0.2) is 6.33 Å². The Bertz CT molecular complexity index is 324. The zero-order valence-corrected chi connectivity index (χ0v) is 9.78. The molecule has 1 unspecified atom stereocenters. The van der Waals surface area contributed by atoms with Gasteiger partial charge in [0.2, 0.25) is 0 Å². The number of nitrogens with two attached hydrogens (primary N) is 1. The van der Waals surface area contributed by atoms with Gasteiger partial charge >= 0.3 is 0 Å². The lowest BCUT2D eigenvalue weighted by molar-refractivity contribution is 0.326. The van der Waals surface area contributed by atoms with E-state index in [1.807, 2.05) is 21.0 Å². The molecule has 5 heteroatoms. The Morgan fingerprint density at radius 2 is 2.13 bits per heavy atom. The molecule has 5 nitrogen and oxygen atoms in total. The zero-order chi connectivity index (χ0) is 11.4. The Labute approximate surface area is 90.7 Å². The predicted octanol–water partition coefficient (Wildman–Crippen LogP) is 0.729. The van der Waals surface area contributed by atoms with Gasteiger partial charge in [0.15, 0.2) is 0 Å². The van der Waals surface area contributed by atoms with E-state index in [0.717, 1.165) is 17.9 Å². The molecule has 0 saturated carbocycles. The number of hydrogen-bond donors (Lipinski definition) is 2. The van der Waals surface area contributed by atoms with E-state index in [4.69, 9.17) is 5.73 Å². The summed E-state index contributed by atoms with van der Waals surface area (Å²) < 4.78 is 0. The molecule has 1 rings (SSSR count). The molecule has 0 aliphatic heterocycles. The third-order valence-electron chi connectivity index (χ3n) is 2.57. The molecule has 0 radical (unpaired) electrons. The lowest BCUT2D eigenvalue weighted by Gasteiger charge is -2.20. The van der Waals surface area contributed by atoms with E-state index in [9.17, 15) is 0 Å². The molecule has 1 atom stereocenters. The Kier molecular flexibility index (Phi) is 3.85. The third-order valence-corrected chi connectivity index (χ3v) is 2.57. The van der Waals surface area contributed by atoms with Crippen molar-refractivity contribution in [2.24, 2.45) is 0 Å². The van der Waals surface area contributed by atoms with Crippen molar-refractivity contribution in [1.29, 1.82) is 0 Å². The summed E-state index contributed by atoms with van der Waals surface area (Å²) in [7, 11) is 4.10. The van der Waals surface area contributed by atoms with Crippen LogP contribution in [0.1, 0.15) is 12.5 Å². The van der Waals surface area contributed by atoms with Crippen molar-refractivity contribution in [3.05, 3.63) is 11.9 Å². The second-order valence-corrected chi connectivity index (χ2v) is 3.93. The van der Waals surface area contributed by atoms with Crippen molar-refractivity contribution in [1.82, 2.24) is 14.9 Å². The number of anilines is 2. The second kappa shape index (κ2) is 4.93. The number of nitrogen functional groups attached to an aromatic ring is 1. The third kappa shape index (κ3) is 3.06. The summed E-state index contributed by atoms with van der Waals surface area (Å²) in [5, 5.41) is 3.26. The first-order chi connectivity index (χ1) is 7.02. The highest BCUT2D eigenvalue weighted by atomic mass is 15.1. The average molecular weight is 209 g/mol. The smallest absolute Gasteiger partial charge is 0.134 e. The molecule has 84 valence electrons. The van der Waals surface area contributed by atoms with Crippen molar-refractivity contribution in [2.75, 3.05) is 31.7 Å². The molecule has 1 aromatic rings. The molecule has 0 aromatic carbocycles.